The predicted molar refractivity (Wildman–Crippen MR) is 49.1 cm³/mol. The summed E-state index contributed by atoms with van der Waals surface area (Å²) in [6.45, 7) is 4.48. The molecule has 1 heterocycles. The van der Waals surface area contributed by atoms with Crippen molar-refractivity contribution in [1.29, 1.82) is 0 Å². The Kier molecular flexibility index (Phi) is 2.65. The highest BCUT2D eigenvalue weighted by molar-refractivity contribution is 6.29. The minimum Gasteiger partial charge on any atom is -0.329 e. The smallest absolute Gasteiger partial charge is 0.136 e. The summed E-state index contributed by atoms with van der Waals surface area (Å²) in [4.78, 5) is 8.20. The average molecular weight is 186 g/mol. The van der Waals surface area contributed by atoms with Crippen molar-refractivity contribution in [3.63, 3.8) is 0 Å². The first-order valence-corrected chi connectivity index (χ1v) is 4.13. The van der Waals surface area contributed by atoms with Crippen LogP contribution in [0.15, 0.2) is 12.3 Å². The van der Waals surface area contributed by atoms with Crippen molar-refractivity contribution in [3.05, 3.63) is 23.2 Å². The van der Waals surface area contributed by atoms with E-state index < -0.39 is 0 Å². The molecule has 0 aliphatic heterocycles. The summed E-state index contributed by atoms with van der Waals surface area (Å²) in [6.07, 6.45) is 1.64. The number of rotatable bonds is 2. The third-order valence-corrected chi connectivity index (χ3v) is 1.95. The molecule has 0 fully saturated rings. The highest BCUT2D eigenvalue weighted by atomic mass is 35.5. The first kappa shape index (κ1) is 9.42. The number of halogens is 1. The van der Waals surface area contributed by atoms with Gasteiger partial charge in [-0.1, -0.05) is 25.4 Å². The van der Waals surface area contributed by atoms with Gasteiger partial charge in [-0.2, -0.15) is 0 Å². The summed E-state index contributed by atoms with van der Waals surface area (Å²) in [5.74, 6) is 0.692. The average Bonchev–Trinajstić information content (AvgIpc) is 2.05. The molecule has 1 aromatic heterocycles. The maximum Gasteiger partial charge on any atom is 0.136 e. The van der Waals surface area contributed by atoms with Crippen LogP contribution in [0.25, 0.3) is 0 Å². The molecule has 12 heavy (non-hydrogen) atoms. The standard InChI is InChI=1S/C8H12ClN3/c1-8(2,5-10)7-11-4-3-6(9)12-7/h3-4H,5,10H2,1-2H3. The molecular formula is C8H12ClN3. The first-order valence-electron chi connectivity index (χ1n) is 3.75. The van der Waals surface area contributed by atoms with Crippen molar-refractivity contribution in [2.45, 2.75) is 19.3 Å². The van der Waals surface area contributed by atoms with E-state index in [4.69, 9.17) is 17.3 Å². The van der Waals surface area contributed by atoms with Crippen molar-refractivity contribution in [2.75, 3.05) is 6.54 Å². The Bertz CT molecular complexity index is 273. The molecule has 0 saturated heterocycles. The molecule has 0 spiro atoms. The van der Waals surface area contributed by atoms with E-state index in [9.17, 15) is 0 Å². The van der Waals surface area contributed by atoms with Crippen molar-refractivity contribution >= 4 is 11.6 Å². The van der Waals surface area contributed by atoms with Gasteiger partial charge in [0, 0.05) is 18.2 Å². The number of aromatic nitrogens is 2. The lowest BCUT2D eigenvalue weighted by atomic mass is 9.93. The lowest BCUT2D eigenvalue weighted by Gasteiger charge is -2.19. The molecule has 0 saturated carbocycles. The molecule has 0 aliphatic carbocycles. The molecule has 0 radical (unpaired) electrons. The first-order chi connectivity index (χ1) is 5.56. The summed E-state index contributed by atoms with van der Waals surface area (Å²) in [5, 5.41) is 0.460. The number of hydrogen-bond acceptors (Lipinski definition) is 3. The monoisotopic (exact) mass is 185 g/mol. The second-order valence-corrected chi connectivity index (χ2v) is 3.68. The second kappa shape index (κ2) is 3.37. The number of nitrogens with two attached hydrogens (primary N) is 1. The lowest BCUT2D eigenvalue weighted by Crippen LogP contribution is -2.30. The van der Waals surface area contributed by atoms with Gasteiger partial charge in [-0.3, -0.25) is 0 Å². The van der Waals surface area contributed by atoms with Gasteiger partial charge < -0.3 is 5.73 Å². The molecule has 4 heteroatoms. The van der Waals surface area contributed by atoms with Gasteiger partial charge in [0.15, 0.2) is 0 Å². The minimum atomic E-state index is -0.203. The summed E-state index contributed by atoms with van der Waals surface area (Å²) in [5.41, 5.74) is 5.36. The highest BCUT2D eigenvalue weighted by Crippen LogP contribution is 2.18. The fourth-order valence-electron chi connectivity index (χ4n) is 0.754. The van der Waals surface area contributed by atoms with Gasteiger partial charge in [0.1, 0.15) is 11.0 Å². The Morgan fingerprint density at radius 2 is 2.25 bits per heavy atom. The molecule has 0 bridgehead atoms. The van der Waals surface area contributed by atoms with Crippen LogP contribution in [0.5, 0.6) is 0 Å². The van der Waals surface area contributed by atoms with Gasteiger partial charge in [0.2, 0.25) is 0 Å². The van der Waals surface area contributed by atoms with E-state index >= 15 is 0 Å². The van der Waals surface area contributed by atoms with Crippen LogP contribution in [-0.2, 0) is 5.41 Å². The molecule has 0 aromatic carbocycles. The van der Waals surface area contributed by atoms with Crippen molar-refractivity contribution in [1.82, 2.24) is 9.97 Å². The van der Waals surface area contributed by atoms with E-state index in [1.54, 1.807) is 12.3 Å². The van der Waals surface area contributed by atoms with Gasteiger partial charge in [-0.05, 0) is 6.07 Å². The largest absolute Gasteiger partial charge is 0.329 e. The van der Waals surface area contributed by atoms with Crippen LogP contribution in [-0.4, -0.2) is 16.5 Å². The fraction of sp³-hybridized carbons (Fsp3) is 0.500. The Morgan fingerprint density at radius 3 is 2.75 bits per heavy atom. The predicted octanol–water partition coefficient (Wildman–Crippen LogP) is 1.37. The van der Waals surface area contributed by atoms with E-state index in [0.29, 0.717) is 17.5 Å². The van der Waals surface area contributed by atoms with Crippen LogP contribution in [0.2, 0.25) is 5.15 Å². The summed E-state index contributed by atoms with van der Waals surface area (Å²) >= 11 is 5.72. The SMILES string of the molecule is CC(C)(CN)c1nccc(Cl)n1. The summed E-state index contributed by atoms with van der Waals surface area (Å²) in [7, 11) is 0. The number of hydrogen-bond donors (Lipinski definition) is 1. The van der Waals surface area contributed by atoms with E-state index in [1.807, 2.05) is 13.8 Å². The zero-order chi connectivity index (χ0) is 9.19. The van der Waals surface area contributed by atoms with Crippen LogP contribution in [0.1, 0.15) is 19.7 Å². The van der Waals surface area contributed by atoms with Crippen molar-refractivity contribution in [2.24, 2.45) is 5.73 Å². The van der Waals surface area contributed by atoms with Crippen LogP contribution in [0.4, 0.5) is 0 Å². The highest BCUT2D eigenvalue weighted by Gasteiger charge is 2.21. The molecule has 0 aliphatic rings. The molecule has 66 valence electrons. The molecule has 1 aromatic rings. The van der Waals surface area contributed by atoms with E-state index in [1.165, 1.54) is 0 Å². The zero-order valence-corrected chi connectivity index (χ0v) is 7.97. The third-order valence-electron chi connectivity index (χ3n) is 1.74. The maximum absolute atomic E-state index is 5.72. The molecule has 0 atom stereocenters. The van der Waals surface area contributed by atoms with Crippen molar-refractivity contribution < 1.29 is 0 Å². The zero-order valence-electron chi connectivity index (χ0n) is 7.21. The fourth-order valence-corrected chi connectivity index (χ4v) is 0.890. The minimum absolute atomic E-state index is 0.203. The van der Waals surface area contributed by atoms with Crippen LogP contribution in [0, 0.1) is 0 Å². The normalized spacial score (nSPS) is 11.7. The molecule has 0 unspecified atom stereocenters. The van der Waals surface area contributed by atoms with Crippen LogP contribution >= 0.6 is 11.6 Å². The number of nitrogens with zero attached hydrogens (tertiary/aromatic N) is 2. The van der Waals surface area contributed by atoms with Gasteiger partial charge in [-0.15, -0.1) is 0 Å². The maximum atomic E-state index is 5.72. The molecule has 2 N–H and O–H groups in total. The van der Waals surface area contributed by atoms with E-state index in [2.05, 4.69) is 9.97 Å². The molecule has 1 rings (SSSR count). The van der Waals surface area contributed by atoms with Gasteiger partial charge >= 0.3 is 0 Å². The molecule has 3 nitrogen and oxygen atoms in total. The van der Waals surface area contributed by atoms with Crippen molar-refractivity contribution in [3.8, 4) is 0 Å². The Hall–Kier alpha value is -0.670. The van der Waals surface area contributed by atoms with Gasteiger partial charge in [-0.25, -0.2) is 9.97 Å². The molecular weight excluding hydrogens is 174 g/mol. The second-order valence-electron chi connectivity index (χ2n) is 3.29. The van der Waals surface area contributed by atoms with E-state index in [-0.39, 0.29) is 5.41 Å². The van der Waals surface area contributed by atoms with E-state index in [0.717, 1.165) is 0 Å². The van der Waals surface area contributed by atoms with Crippen LogP contribution in [0.3, 0.4) is 0 Å². The lowest BCUT2D eigenvalue weighted by molar-refractivity contribution is 0.502. The Morgan fingerprint density at radius 1 is 1.58 bits per heavy atom. The molecule has 0 amide bonds. The third kappa shape index (κ3) is 1.93. The quantitative estimate of drug-likeness (QED) is 0.708. The topological polar surface area (TPSA) is 51.8 Å². The Labute approximate surface area is 77.0 Å². The summed E-state index contributed by atoms with van der Waals surface area (Å²) < 4.78 is 0. The Balaban J connectivity index is 3.03. The van der Waals surface area contributed by atoms with Gasteiger partial charge in [0.25, 0.3) is 0 Å². The summed E-state index contributed by atoms with van der Waals surface area (Å²) in [6, 6.07) is 1.65. The van der Waals surface area contributed by atoms with Crippen LogP contribution < -0.4 is 5.73 Å². The van der Waals surface area contributed by atoms with Gasteiger partial charge in [0.05, 0.1) is 0 Å².